The van der Waals surface area contributed by atoms with E-state index in [9.17, 15) is 4.79 Å². The fraction of sp³-hybridized carbons (Fsp3) is 0.842. The van der Waals surface area contributed by atoms with Gasteiger partial charge in [-0.25, -0.2) is 9.48 Å². The van der Waals surface area contributed by atoms with Crippen molar-refractivity contribution in [1.82, 2.24) is 15.0 Å². The molecule has 1 aliphatic carbocycles. The van der Waals surface area contributed by atoms with E-state index in [1.54, 1.807) is 0 Å². The van der Waals surface area contributed by atoms with Crippen molar-refractivity contribution >= 4 is 5.97 Å². The number of hydrogen-bond donors (Lipinski definition) is 0. The van der Waals surface area contributed by atoms with Gasteiger partial charge in [0.05, 0.1) is 5.69 Å². The first-order valence-electron chi connectivity index (χ1n) is 9.31. The third-order valence-corrected chi connectivity index (χ3v) is 4.00. The Hall–Kier alpha value is -1.43. The van der Waals surface area contributed by atoms with E-state index in [0.29, 0.717) is 0 Å². The number of esters is 1. The molecule has 0 radical (unpaired) electrons. The fourth-order valence-corrected chi connectivity index (χ4v) is 3.07. The normalized spacial score (nSPS) is 19.0. The molecule has 0 bridgehead atoms. The Labute approximate surface area is 151 Å². The predicted octanol–water partition coefficient (Wildman–Crippen LogP) is 3.84. The van der Waals surface area contributed by atoms with E-state index in [1.165, 1.54) is 0 Å². The Balaban J connectivity index is 2.11. The highest BCUT2D eigenvalue weighted by Gasteiger charge is 2.27. The second kappa shape index (κ2) is 7.85. The molecule has 0 aliphatic heterocycles. The third-order valence-electron chi connectivity index (χ3n) is 4.00. The summed E-state index contributed by atoms with van der Waals surface area (Å²) in [4.78, 5) is 12.0. The summed E-state index contributed by atoms with van der Waals surface area (Å²) in [5, 5.41) is 8.79. The lowest BCUT2D eigenvalue weighted by Gasteiger charge is -2.23. The van der Waals surface area contributed by atoms with E-state index < -0.39 is 5.60 Å². The Morgan fingerprint density at radius 1 is 1.16 bits per heavy atom. The molecular formula is C19H33N3O3. The van der Waals surface area contributed by atoms with Crippen molar-refractivity contribution < 1.29 is 14.3 Å². The van der Waals surface area contributed by atoms with Gasteiger partial charge in [0, 0.05) is 6.54 Å². The van der Waals surface area contributed by atoms with Crippen molar-refractivity contribution in [3.05, 3.63) is 11.4 Å². The molecular weight excluding hydrogens is 318 g/mol. The molecule has 6 heteroatoms. The molecule has 1 heterocycles. The summed E-state index contributed by atoms with van der Waals surface area (Å²) in [5.74, 6) is -0.335. The largest absolute Gasteiger partial charge is 0.458 e. The standard InChI is InChI=1S/C19H33N3O3/c1-18(2,3)13-22-14-10-8-7-9-11-15(17(14)20-21-22)24-12-16(23)25-19(4,5)6/h15H,7-13H2,1-6H3. The van der Waals surface area contributed by atoms with Gasteiger partial charge in [0.1, 0.15) is 24.0 Å². The Morgan fingerprint density at radius 2 is 1.88 bits per heavy atom. The number of carbonyl (C=O) groups is 1. The molecule has 0 aromatic carbocycles. The minimum absolute atomic E-state index is 0.0481. The molecule has 1 aromatic rings. The molecule has 1 aromatic heterocycles. The molecule has 2 rings (SSSR count). The smallest absolute Gasteiger partial charge is 0.332 e. The van der Waals surface area contributed by atoms with E-state index in [2.05, 4.69) is 31.1 Å². The van der Waals surface area contributed by atoms with E-state index >= 15 is 0 Å². The summed E-state index contributed by atoms with van der Waals surface area (Å²) in [5.41, 5.74) is 1.69. The summed E-state index contributed by atoms with van der Waals surface area (Å²) < 4.78 is 13.3. The number of carbonyl (C=O) groups excluding carboxylic acids is 1. The molecule has 0 N–H and O–H groups in total. The number of hydrogen-bond acceptors (Lipinski definition) is 5. The van der Waals surface area contributed by atoms with Gasteiger partial charge < -0.3 is 9.47 Å². The Kier molecular flexibility index (Phi) is 6.25. The second-order valence-electron chi connectivity index (χ2n) is 9.13. The highest BCUT2D eigenvalue weighted by molar-refractivity contribution is 5.71. The summed E-state index contributed by atoms with van der Waals surface area (Å²) in [7, 11) is 0. The van der Waals surface area contributed by atoms with E-state index in [-0.39, 0.29) is 24.1 Å². The van der Waals surface area contributed by atoms with Gasteiger partial charge >= 0.3 is 5.97 Å². The maximum absolute atomic E-state index is 12.0. The summed E-state index contributed by atoms with van der Waals surface area (Å²) in [6, 6.07) is 0. The van der Waals surface area contributed by atoms with Gasteiger partial charge in [0.2, 0.25) is 0 Å². The van der Waals surface area contributed by atoms with Crippen molar-refractivity contribution in [2.24, 2.45) is 5.41 Å². The van der Waals surface area contributed by atoms with E-state index in [0.717, 1.165) is 50.0 Å². The molecule has 6 nitrogen and oxygen atoms in total. The molecule has 0 saturated heterocycles. The SMILES string of the molecule is CC(C)(C)Cn1nnc2c1CCCCCC2OCC(=O)OC(C)(C)C. The van der Waals surface area contributed by atoms with Gasteiger partial charge in [0.25, 0.3) is 0 Å². The van der Waals surface area contributed by atoms with Gasteiger partial charge in [-0.3, -0.25) is 0 Å². The first-order valence-corrected chi connectivity index (χ1v) is 9.31. The van der Waals surface area contributed by atoms with Crippen LogP contribution in [0, 0.1) is 5.41 Å². The van der Waals surface area contributed by atoms with Crippen LogP contribution in [0.1, 0.15) is 84.7 Å². The highest BCUT2D eigenvalue weighted by atomic mass is 16.6. The molecule has 1 unspecified atom stereocenters. The molecule has 1 aliphatic rings. The van der Waals surface area contributed by atoms with Gasteiger partial charge in [-0.2, -0.15) is 0 Å². The number of rotatable bonds is 4. The molecule has 25 heavy (non-hydrogen) atoms. The molecule has 1 atom stereocenters. The van der Waals surface area contributed by atoms with Crippen LogP contribution in [-0.4, -0.2) is 33.2 Å². The van der Waals surface area contributed by atoms with E-state index in [1.807, 2.05) is 25.5 Å². The molecule has 0 fully saturated rings. The monoisotopic (exact) mass is 351 g/mol. The lowest BCUT2D eigenvalue weighted by atomic mass is 9.95. The maximum Gasteiger partial charge on any atom is 0.332 e. The fourth-order valence-electron chi connectivity index (χ4n) is 3.07. The maximum atomic E-state index is 12.0. The van der Waals surface area contributed by atoms with Gasteiger partial charge in [0.15, 0.2) is 0 Å². The average molecular weight is 351 g/mol. The Morgan fingerprint density at radius 3 is 2.52 bits per heavy atom. The minimum Gasteiger partial charge on any atom is -0.458 e. The summed E-state index contributed by atoms with van der Waals surface area (Å²) in [6.07, 6.45) is 5.02. The first-order chi connectivity index (χ1) is 11.6. The van der Waals surface area contributed by atoms with Crippen LogP contribution in [0.25, 0.3) is 0 Å². The molecule has 0 spiro atoms. The lowest BCUT2D eigenvalue weighted by Crippen LogP contribution is -2.27. The topological polar surface area (TPSA) is 66.2 Å². The number of ether oxygens (including phenoxy) is 2. The third kappa shape index (κ3) is 6.42. The summed E-state index contributed by atoms with van der Waals surface area (Å²) >= 11 is 0. The van der Waals surface area contributed by atoms with Crippen molar-refractivity contribution in [3.8, 4) is 0 Å². The van der Waals surface area contributed by atoms with Crippen LogP contribution in [0.4, 0.5) is 0 Å². The van der Waals surface area contributed by atoms with Gasteiger partial charge in [-0.15, -0.1) is 5.10 Å². The van der Waals surface area contributed by atoms with Crippen LogP contribution >= 0.6 is 0 Å². The van der Waals surface area contributed by atoms with Crippen molar-refractivity contribution in [2.45, 2.75) is 91.9 Å². The van der Waals surface area contributed by atoms with Gasteiger partial charge in [-0.1, -0.05) is 38.8 Å². The van der Waals surface area contributed by atoms with Crippen LogP contribution in [0.3, 0.4) is 0 Å². The predicted molar refractivity (Wildman–Crippen MR) is 96.2 cm³/mol. The zero-order valence-electron chi connectivity index (χ0n) is 16.6. The van der Waals surface area contributed by atoms with Crippen molar-refractivity contribution in [1.29, 1.82) is 0 Å². The van der Waals surface area contributed by atoms with Crippen LogP contribution in [0.5, 0.6) is 0 Å². The second-order valence-corrected chi connectivity index (χ2v) is 9.13. The number of aromatic nitrogens is 3. The Bertz CT molecular complexity index is 582. The van der Waals surface area contributed by atoms with Crippen LogP contribution in [-0.2, 0) is 27.2 Å². The number of fused-ring (bicyclic) bond motifs is 1. The van der Waals surface area contributed by atoms with Crippen LogP contribution < -0.4 is 0 Å². The van der Waals surface area contributed by atoms with Crippen molar-refractivity contribution in [2.75, 3.05) is 6.61 Å². The molecule has 142 valence electrons. The van der Waals surface area contributed by atoms with Crippen LogP contribution in [0.15, 0.2) is 0 Å². The average Bonchev–Trinajstić information content (AvgIpc) is 2.76. The molecule has 0 saturated carbocycles. The van der Waals surface area contributed by atoms with Gasteiger partial charge in [-0.05, 0) is 45.4 Å². The van der Waals surface area contributed by atoms with E-state index in [4.69, 9.17) is 9.47 Å². The molecule has 0 amide bonds. The quantitative estimate of drug-likeness (QED) is 0.771. The minimum atomic E-state index is -0.498. The first kappa shape index (κ1) is 19.9. The van der Waals surface area contributed by atoms with Crippen molar-refractivity contribution in [3.63, 3.8) is 0 Å². The summed E-state index contributed by atoms with van der Waals surface area (Å²) in [6.45, 7) is 12.9. The highest BCUT2D eigenvalue weighted by Crippen LogP contribution is 2.30. The zero-order chi connectivity index (χ0) is 18.7. The lowest BCUT2D eigenvalue weighted by molar-refractivity contribution is -0.162. The van der Waals surface area contributed by atoms with Crippen LogP contribution in [0.2, 0.25) is 0 Å². The number of nitrogens with zero attached hydrogens (tertiary/aromatic N) is 3. The zero-order valence-corrected chi connectivity index (χ0v) is 16.6.